The van der Waals surface area contributed by atoms with Gasteiger partial charge in [0.05, 0.1) is 0 Å². The topological polar surface area (TPSA) is 41.6 Å². The minimum Gasteiger partial charge on any atom is -0.473 e. The highest BCUT2D eigenvalue weighted by Crippen LogP contribution is 2.27. The molecule has 1 heterocycles. The van der Waals surface area contributed by atoms with Crippen LogP contribution in [0, 0.1) is 13.8 Å². The lowest BCUT2D eigenvalue weighted by Gasteiger charge is -2.18. The van der Waals surface area contributed by atoms with E-state index in [2.05, 4.69) is 17.4 Å². The van der Waals surface area contributed by atoms with Crippen LogP contribution in [0.3, 0.4) is 0 Å². The average molecular weight is 296 g/mol. The van der Waals surface area contributed by atoms with Crippen molar-refractivity contribution in [3.8, 4) is 5.75 Å². The van der Waals surface area contributed by atoms with Gasteiger partial charge in [0.15, 0.2) is 6.73 Å². The maximum atomic E-state index is 12.3. The van der Waals surface area contributed by atoms with Crippen molar-refractivity contribution in [1.29, 1.82) is 0 Å². The average Bonchev–Trinajstić information content (AvgIpc) is 2.93. The highest BCUT2D eigenvalue weighted by Gasteiger charge is 2.23. The monoisotopic (exact) mass is 296 g/mol. The minimum absolute atomic E-state index is 0.116. The smallest absolute Gasteiger partial charge is 0.324 e. The summed E-state index contributed by atoms with van der Waals surface area (Å²) in [6.07, 6.45) is 0.904. The van der Waals surface area contributed by atoms with Crippen LogP contribution in [0.2, 0.25) is 0 Å². The molecule has 0 saturated carbocycles. The zero-order valence-electron chi connectivity index (χ0n) is 12.9. The summed E-state index contributed by atoms with van der Waals surface area (Å²) in [4.78, 5) is 14.0. The number of amides is 2. The summed E-state index contributed by atoms with van der Waals surface area (Å²) in [5, 5.41) is 2.82. The van der Waals surface area contributed by atoms with E-state index in [9.17, 15) is 4.79 Å². The van der Waals surface area contributed by atoms with Gasteiger partial charge in [-0.1, -0.05) is 35.9 Å². The molecule has 0 fully saturated rings. The quantitative estimate of drug-likeness (QED) is 0.882. The number of hydrogen-bond acceptors (Lipinski definition) is 2. The molecule has 1 aliphatic heterocycles. The van der Waals surface area contributed by atoms with Gasteiger partial charge in [-0.3, -0.25) is 4.90 Å². The Balaban J connectivity index is 1.57. The molecule has 3 rings (SSSR count). The number of nitrogens with one attached hydrogen (secondary N) is 1. The van der Waals surface area contributed by atoms with Crippen molar-refractivity contribution < 1.29 is 9.53 Å². The number of para-hydroxylation sites is 1. The minimum atomic E-state index is -0.116. The normalized spacial score (nSPS) is 12.9. The molecule has 1 N–H and O–H groups in total. The highest BCUT2D eigenvalue weighted by atomic mass is 16.5. The van der Waals surface area contributed by atoms with Gasteiger partial charge < -0.3 is 10.1 Å². The van der Waals surface area contributed by atoms with Crippen molar-refractivity contribution >= 4 is 11.7 Å². The molecular formula is C18H20N2O2. The number of anilines is 1. The number of ether oxygens (including phenoxy) is 1. The fourth-order valence-corrected chi connectivity index (χ4v) is 2.78. The molecule has 22 heavy (non-hydrogen) atoms. The third-order valence-corrected chi connectivity index (χ3v) is 3.91. The highest BCUT2D eigenvalue weighted by molar-refractivity contribution is 5.94. The summed E-state index contributed by atoms with van der Waals surface area (Å²) in [5.74, 6) is 0.799. The van der Waals surface area contributed by atoms with Crippen molar-refractivity contribution in [1.82, 2.24) is 5.32 Å². The third kappa shape index (κ3) is 2.91. The first-order valence-electron chi connectivity index (χ1n) is 7.48. The van der Waals surface area contributed by atoms with Crippen LogP contribution in [0.5, 0.6) is 5.75 Å². The molecule has 2 aromatic rings. The predicted molar refractivity (Wildman–Crippen MR) is 87.4 cm³/mol. The first-order valence-corrected chi connectivity index (χ1v) is 7.48. The molecule has 2 amide bonds. The molecule has 0 saturated heterocycles. The summed E-state index contributed by atoms with van der Waals surface area (Å²) in [6, 6.07) is 13.9. The second-order valence-electron chi connectivity index (χ2n) is 5.57. The van der Waals surface area contributed by atoms with Gasteiger partial charge in [0.25, 0.3) is 0 Å². The molecule has 1 aliphatic rings. The lowest BCUT2D eigenvalue weighted by atomic mass is 10.1. The van der Waals surface area contributed by atoms with Crippen LogP contribution in [0.25, 0.3) is 0 Å². The van der Waals surface area contributed by atoms with Gasteiger partial charge in [-0.25, -0.2) is 4.79 Å². The Labute approximate surface area is 130 Å². The lowest BCUT2D eigenvalue weighted by molar-refractivity contribution is 0.229. The molecular weight excluding hydrogens is 276 g/mol. The van der Waals surface area contributed by atoms with Crippen molar-refractivity contribution in [2.75, 3.05) is 18.2 Å². The molecule has 0 atom stereocenters. The fourth-order valence-electron chi connectivity index (χ4n) is 2.78. The summed E-state index contributed by atoms with van der Waals surface area (Å²) in [6.45, 7) is 4.93. The Kier molecular flexibility index (Phi) is 4.00. The van der Waals surface area contributed by atoms with Crippen LogP contribution in [0.1, 0.15) is 16.7 Å². The molecule has 0 aromatic heterocycles. The van der Waals surface area contributed by atoms with E-state index in [0.717, 1.165) is 30.0 Å². The van der Waals surface area contributed by atoms with Gasteiger partial charge in [-0.15, -0.1) is 0 Å². The van der Waals surface area contributed by atoms with E-state index >= 15 is 0 Å². The number of nitrogens with zero attached hydrogens (tertiary/aromatic N) is 1. The molecule has 0 aliphatic carbocycles. The van der Waals surface area contributed by atoms with Gasteiger partial charge >= 0.3 is 6.03 Å². The van der Waals surface area contributed by atoms with Gasteiger partial charge in [0.1, 0.15) is 5.75 Å². The Morgan fingerprint density at radius 2 is 2.05 bits per heavy atom. The lowest BCUT2D eigenvalue weighted by Crippen LogP contribution is -2.40. The van der Waals surface area contributed by atoms with Crippen LogP contribution in [0.4, 0.5) is 10.5 Å². The van der Waals surface area contributed by atoms with Crippen LogP contribution in [0.15, 0.2) is 42.5 Å². The maximum absolute atomic E-state index is 12.3. The SMILES string of the molecule is Cc1ccc(OCNC(=O)N2CCc3ccccc32)c(C)c1. The first-order chi connectivity index (χ1) is 10.6. The van der Waals surface area contributed by atoms with Gasteiger partial charge in [-0.2, -0.15) is 0 Å². The fraction of sp³-hybridized carbons (Fsp3) is 0.278. The Morgan fingerprint density at radius 1 is 1.23 bits per heavy atom. The van der Waals surface area contributed by atoms with Crippen LogP contribution >= 0.6 is 0 Å². The molecule has 0 bridgehead atoms. The molecule has 0 unspecified atom stereocenters. The standard InChI is InChI=1S/C18H20N2O2/c1-13-7-8-17(14(2)11-13)22-12-19-18(21)20-10-9-15-5-3-4-6-16(15)20/h3-8,11H,9-10,12H2,1-2H3,(H,19,21). The number of carbonyl (C=O) groups is 1. The van der Waals surface area contributed by atoms with Crippen LogP contribution in [-0.2, 0) is 6.42 Å². The molecule has 0 radical (unpaired) electrons. The van der Waals surface area contributed by atoms with Gasteiger partial charge in [0, 0.05) is 12.2 Å². The van der Waals surface area contributed by atoms with Crippen molar-refractivity contribution in [2.45, 2.75) is 20.3 Å². The molecule has 0 spiro atoms. The van der Waals surface area contributed by atoms with E-state index in [1.165, 1.54) is 11.1 Å². The number of benzene rings is 2. The van der Waals surface area contributed by atoms with E-state index in [1.54, 1.807) is 4.90 Å². The van der Waals surface area contributed by atoms with Crippen LogP contribution in [-0.4, -0.2) is 19.3 Å². The summed E-state index contributed by atoms with van der Waals surface area (Å²) < 4.78 is 5.65. The Bertz CT molecular complexity index is 697. The number of hydrogen-bond donors (Lipinski definition) is 1. The largest absolute Gasteiger partial charge is 0.473 e. The summed E-state index contributed by atoms with van der Waals surface area (Å²) >= 11 is 0. The van der Waals surface area contributed by atoms with E-state index in [1.807, 2.05) is 44.2 Å². The van der Waals surface area contributed by atoms with E-state index in [4.69, 9.17) is 4.74 Å². The zero-order valence-corrected chi connectivity index (χ0v) is 12.9. The van der Waals surface area contributed by atoms with Crippen molar-refractivity contribution in [3.63, 3.8) is 0 Å². The molecule has 4 nitrogen and oxygen atoms in total. The van der Waals surface area contributed by atoms with Crippen molar-refractivity contribution in [2.24, 2.45) is 0 Å². The second-order valence-corrected chi connectivity index (χ2v) is 5.57. The molecule has 4 heteroatoms. The molecule has 114 valence electrons. The predicted octanol–water partition coefficient (Wildman–Crippen LogP) is 3.41. The third-order valence-electron chi connectivity index (χ3n) is 3.91. The number of rotatable bonds is 3. The van der Waals surface area contributed by atoms with E-state index in [0.29, 0.717) is 0 Å². The van der Waals surface area contributed by atoms with E-state index < -0.39 is 0 Å². The summed E-state index contributed by atoms with van der Waals surface area (Å²) in [7, 11) is 0. The Morgan fingerprint density at radius 3 is 2.86 bits per heavy atom. The number of carbonyl (C=O) groups excluding carboxylic acids is 1. The maximum Gasteiger partial charge on any atom is 0.324 e. The van der Waals surface area contributed by atoms with Gasteiger partial charge in [0.2, 0.25) is 0 Å². The van der Waals surface area contributed by atoms with Crippen LogP contribution < -0.4 is 15.0 Å². The summed E-state index contributed by atoms with van der Waals surface area (Å²) in [5.41, 5.74) is 4.47. The zero-order chi connectivity index (χ0) is 15.5. The number of fused-ring (bicyclic) bond motifs is 1. The first kappa shape index (κ1) is 14.4. The Hall–Kier alpha value is -2.49. The van der Waals surface area contributed by atoms with Gasteiger partial charge in [-0.05, 0) is 43.5 Å². The number of urea groups is 1. The number of aryl methyl sites for hydroxylation is 2. The molecule has 2 aromatic carbocycles. The van der Waals surface area contributed by atoms with E-state index in [-0.39, 0.29) is 12.8 Å². The second kappa shape index (κ2) is 6.10. The van der Waals surface area contributed by atoms with Crippen molar-refractivity contribution in [3.05, 3.63) is 59.2 Å².